The second-order valence-electron chi connectivity index (χ2n) is 5.96. The van der Waals surface area contributed by atoms with Crippen LogP contribution in [0.1, 0.15) is 43.2 Å². The molecular weight excluding hydrogens is 248 g/mol. The molecule has 2 aliphatic rings. The molecule has 1 aromatic rings. The number of hydrogen-bond donors (Lipinski definition) is 0. The van der Waals surface area contributed by atoms with Crippen LogP contribution in [0.15, 0.2) is 24.3 Å². The van der Waals surface area contributed by atoms with Gasteiger partial charge in [0.05, 0.1) is 11.6 Å². The third-order valence-electron chi connectivity index (χ3n) is 4.67. The number of likely N-dealkylation sites (tertiary alicyclic amines) is 1. The Balaban J connectivity index is 1.72. The number of rotatable bonds is 3. The molecule has 104 valence electrons. The molecule has 1 saturated heterocycles. The maximum atomic E-state index is 12.0. The minimum Gasteiger partial charge on any atom is -0.299 e. The molecule has 0 aromatic heterocycles. The van der Waals surface area contributed by atoms with Crippen LogP contribution in [0.2, 0.25) is 0 Å². The molecular formula is C17H20N2O. The van der Waals surface area contributed by atoms with Crippen LogP contribution < -0.4 is 0 Å². The van der Waals surface area contributed by atoms with Crippen molar-refractivity contribution in [3.05, 3.63) is 35.4 Å². The Labute approximate surface area is 120 Å². The van der Waals surface area contributed by atoms with Gasteiger partial charge in [-0.15, -0.1) is 0 Å². The van der Waals surface area contributed by atoms with Crippen LogP contribution in [0.25, 0.3) is 0 Å². The summed E-state index contributed by atoms with van der Waals surface area (Å²) in [5.74, 6) is 0.726. The van der Waals surface area contributed by atoms with Crippen molar-refractivity contribution in [2.24, 2.45) is 5.92 Å². The first kappa shape index (κ1) is 13.3. The van der Waals surface area contributed by atoms with Crippen LogP contribution in [-0.4, -0.2) is 23.3 Å². The zero-order valence-electron chi connectivity index (χ0n) is 11.7. The third-order valence-corrected chi connectivity index (χ3v) is 4.67. The van der Waals surface area contributed by atoms with Gasteiger partial charge in [0, 0.05) is 24.9 Å². The molecule has 2 unspecified atom stereocenters. The fourth-order valence-electron chi connectivity index (χ4n) is 3.73. The third kappa shape index (κ3) is 2.62. The Kier molecular flexibility index (Phi) is 3.84. The van der Waals surface area contributed by atoms with Crippen molar-refractivity contribution < 1.29 is 4.79 Å². The van der Waals surface area contributed by atoms with E-state index in [0.29, 0.717) is 11.8 Å². The Hall–Kier alpha value is -1.66. The maximum Gasteiger partial charge on any atom is 0.137 e. The average Bonchev–Trinajstić information content (AvgIpc) is 3.07. The molecule has 20 heavy (non-hydrogen) atoms. The first-order valence-electron chi connectivity index (χ1n) is 7.54. The molecule has 0 spiro atoms. The summed E-state index contributed by atoms with van der Waals surface area (Å²) in [5, 5.41) is 8.97. The fraction of sp³-hybridized carbons (Fsp3) is 0.529. The number of carbonyl (C=O) groups excluding carboxylic acids is 1. The van der Waals surface area contributed by atoms with Crippen molar-refractivity contribution in [1.82, 2.24) is 4.90 Å². The summed E-state index contributed by atoms with van der Waals surface area (Å²) in [6, 6.07) is 10.4. The zero-order chi connectivity index (χ0) is 13.9. The van der Waals surface area contributed by atoms with Crippen LogP contribution in [0, 0.1) is 17.2 Å². The van der Waals surface area contributed by atoms with Gasteiger partial charge in [0.25, 0.3) is 0 Å². The van der Waals surface area contributed by atoms with Gasteiger partial charge in [0.15, 0.2) is 0 Å². The fourth-order valence-corrected chi connectivity index (χ4v) is 3.73. The van der Waals surface area contributed by atoms with Crippen LogP contribution in [0.3, 0.4) is 0 Å². The van der Waals surface area contributed by atoms with Crippen molar-refractivity contribution >= 4 is 5.78 Å². The molecule has 1 heterocycles. The monoisotopic (exact) mass is 268 g/mol. The van der Waals surface area contributed by atoms with Gasteiger partial charge in [0.1, 0.15) is 5.78 Å². The lowest BCUT2D eigenvalue weighted by Crippen LogP contribution is -2.37. The van der Waals surface area contributed by atoms with Gasteiger partial charge < -0.3 is 0 Å². The largest absolute Gasteiger partial charge is 0.299 e. The molecule has 1 aliphatic heterocycles. The molecule has 1 aromatic carbocycles. The first-order chi connectivity index (χ1) is 9.78. The summed E-state index contributed by atoms with van der Waals surface area (Å²) in [4.78, 5) is 14.4. The topological polar surface area (TPSA) is 44.1 Å². The predicted octanol–water partition coefficient (Wildman–Crippen LogP) is 2.89. The van der Waals surface area contributed by atoms with Gasteiger partial charge in [-0.25, -0.2) is 0 Å². The highest BCUT2D eigenvalue weighted by atomic mass is 16.1. The number of Topliss-reactive ketones (excluding diaryl/α,β-unsaturated/α-hetero) is 1. The summed E-state index contributed by atoms with van der Waals surface area (Å²) < 4.78 is 0. The number of carbonyl (C=O) groups is 1. The predicted molar refractivity (Wildman–Crippen MR) is 76.9 cm³/mol. The number of ketones is 1. The summed E-state index contributed by atoms with van der Waals surface area (Å²) in [7, 11) is 0. The lowest BCUT2D eigenvalue weighted by molar-refractivity contribution is -0.122. The summed E-state index contributed by atoms with van der Waals surface area (Å²) in [6.07, 6.45) is 5.25. The smallest absolute Gasteiger partial charge is 0.137 e. The van der Waals surface area contributed by atoms with Crippen molar-refractivity contribution in [2.75, 3.05) is 6.54 Å². The molecule has 0 amide bonds. The van der Waals surface area contributed by atoms with E-state index in [2.05, 4.69) is 17.0 Å². The molecule has 1 saturated carbocycles. The average molecular weight is 268 g/mol. The number of hydrogen-bond acceptors (Lipinski definition) is 3. The van der Waals surface area contributed by atoms with E-state index in [9.17, 15) is 4.79 Å². The van der Waals surface area contributed by atoms with Crippen LogP contribution in [-0.2, 0) is 11.3 Å². The maximum absolute atomic E-state index is 12.0. The molecule has 0 radical (unpaired) electrons. The van der Waals surface area contributed by atoms with Crippen LogP contribution >= 0.6 is 0 Å². The van der Waals surface area contributed by atoms with E-state index in [1.165, 1.54) is 12.0 Å². The molecule has 1 aliphatic carbocycles. The number of nitriles is 1. The van der Waals surface area contributed by atoms with Gasteiger partial charge in [0.2, 0.25) is 0 Å². The van der Waals surface area contributed by atoms with E-state index in [4.69, 9.17) is 5.26 Å². The highest BCUT2D eigenvalue weighted by molar-refractivity contribution is 5.83. The highest BCUT2D eigenvalue weighted by Crippen LogP contribution is 2.34. The summed E-state index contributed by atoms with van der Waals surface area (Å²) in [5.41, 5.74) is 1.90. The zero-order valence-corrected chi connectivity index (χ0v) is 11.7. The Morgan fingerprint density at radius 3 is 2.95 bits per heavy atom. The normalized spacial score (nSPS) is 26.9. The molecule has 0 bridgehead atoms. The Bertz CT molecular complexity index is 546. The lowest BCUT2D eigenvalue weighted by Gasteiger charge is -2.28. The highest BCUT2D eigenvalue weighted by Gasteiger charge is 2.37. The summed E-state index contributed by atoms with van der Waals surface area (Å²) in [6.45, 7) is 1.94. The van der Waals surface area contributed by atoms with Gasteiger partial charge >= 0.3 is 0 Å². The van der Waals surface area contributed by atoms with Gasteiger partial charge in [-0.2, -0.15) is 5.26 Å². The summed E-state index contributed by atoms with van der Waals surface area (Å²) >= 11 is 0. The standard InChI is InChI=1S/C17H20N2O/c18-11-13-4-1-5-14(10-13)12-19-9-3-7-16(19)15-6-2-8-17(15)20/h1,4-5,10,15-16H,2-3,6-9,12H2. The van der Waals surface area contributed by atoms with E-state index in [0.717, 1.165) is 44.3 Å². The molecule has 0 N–H and O–H groups in total. The minimum atomic E-state index is 0.261. The first-order valence-corrected chi connectivity index (χ1v) is 7.54. The van der Waals surface area contributed by atoms with Gasteiger partial charge in [-0.3, -0.25) is 9.69 Å². The quantitative estimate of drug-likeness (QED) is 0.846. The van der Waals surface area contributed by atoms with Crippen LogP contribution in [0.4, 0.5) is 0 Å². The van der Waals surface area contributed by atoms with Crippen LogP contribution in [0.5, 0.6) is 0 Å². The van der Waals surface area contributed by atoms with E-state index in [-0.39, 0.29) is 5.92 Å². The minimum absolute atomic E-state index is 0.261. The van der Waals surface area contributed by atoms with Crippen molar-refractivity contribution in [2.45, 2.75) is 44.7 Å². The lowest BCUT2D eigenvalue weighted by atomic mass is 9.95. The van der Waals surface area contributed by atoms with Crippen molar-refractivity contribution in [3.8, 4) is 6.07 Å². The second-order valence-corrected chi connectivity index (χ2v) is 5.96. The Morgan fingerprint density at radius 2 is 2.20 bits per heavy atom. The van der Waals surface area contributed by atoms with E-state index >= 15 is 0 Å². The molecule has 2 fully saturated rings. The molecule has 3 nitrogen and oxygen atoms in total. The number of nitrogens with zero attached hydrogens (tertiary/aromatic N) is 2. The molecule has 2 atom stereocenters. The van der Waals surface area contributed by atoms with E-state index in [1.807, 2.05) is 18.2 Å². The second kappa shape index (κ2) is 5.76. The molecule has 3 heteroatoms. The molecule has 3 rings (SSSR count). The number of benzene rings is 1. The van der Waals surface area contributed by atoms with Gasteiger partial charge in [-0.1, -0.05) is 12.1 Å². The Morgan fingerprint density at radius 1 is 1.30 bits per heavy atom. The SMILES string of the molecule is N#Cc1cccc(CN2CCCC2C2CCCC2=O)c1. The van der Waals surface area contributed by atoms with E-state index < -0.39 is 0 Å². The van der Waals surface area contributed by atoms with Crippen molar-refractivity contribution in [3.63, 3.8) is 0 Å². The van der Waals surface area contributed by atoms with Gasteiger partial charge in [-0.05, 0) is 49.9 Å². The van der Waals surface area contributed by atoms with E-state index in [1.54, 1.807) is 0 Å². The van der Waals surface area contributed by atoms with Crippen molar-refractivity contribution in [1.29, 1.82) is 5.26 Å².